The van der Waals surface area contributed by atoms with Crippen LogP contribution >= 0.6 is 0 Å². The smallest absolute Gasteiger partial charge is 0.242 e. The molecular formula is C13H21N3O3S. The Labute approximate surface area is 120 Å². The molecule has 2 rings (SSSR count). The highest BCUT2D eigenvalue weighted by Gasteiger charge is 2.22. The number of sulfonamides is 1. The van der Waals surface area contributed by atoms with E-state index in [9.17, 15) is 8.42 Å². The molecule has 20 heavy (non-hydrogen) atoms. The number of nitrogens with two attached hydrogens (primary N) is 1. The molecule has 7 heteroatoms. The minimum absolute atomic E-state index is 0.147. The normalized spacial score (nSPS) is 20.4. The summed E-state index contributed by atoms with van der Waals surface area (Å²) < 4.78 is 30.8. The summed E-state index contributed by atoms with van der Waals surface area (Å²) in [4.78, 5) is 2.33. The minimum Gasteiger partial charge on any atom is -0.397 e. The van der Waals surface area contributed by atoms with Crippen LogP contribution in [0.2, 0.25) is 0 Å². The summed E-state index contributed by atoms with van der Waals surface area (Å²) in [6.07, 6.45) is 0.147. The molecule has 0 spiro atoms. The molecule has 1 saturated heterocycles. The summed E-state index contributed by atoms with van der Waals surface area (Å²) in [5, 5.41) is 0. The first-order chi connectivity index (χ1) is 9.32. The van der Waals surface area contributed by atoms with Crippen LogP contribution in [0.3, 0.4) is 0 Å². The van der Waals surface area contributed by atoms with E-state index in [0.29, 0.717) is 12.3 Å². The van der Waals surface area contributed by atoms with E-state index in [4.69, 9.17) is 10.5 Å². The maximum Gasteiger partial charge on any atom is 0.242 e. The molecule has 0 amide bonds. The fraction of sp³-hybridized carbons (Fsp3) is 0.538. The molecule has 1 unspecified atom stereocenters. The second-order valence-corrected chi connectivity index (χ2v) is 7.29. The van der Waals surface area contributed by atoms with Crippen LogP contribution in [0.4, 0.5) is 11.4 Å². The number of morpholine rings is 1. The van der Waals surface area contributed by atoms with E-state index in [1.807, 2.05) is 6.92 Å². The van der Waals surface area contributed by atoms with Crippen molar-refractivity contribution >= 4 is 21.4 Å². The summed E-state index contributed by atoms with van der Waals surface area (Å²) in [5.74, 6) is 0. The molecule has 0 saturated carbocycles. The first-order valence-electron chi connectivity index (χ1n) is 6.51. The highest BCUT2D eigenvalue weighted by atomic mass is 32.2. The number of hydrogen-bond acceptors (Lipinski definition) is 5. The minimum atomic E-state index is -3.45. The number of nitrogen functional groups attached to an aromatic ring is 1. The van der Waals surface area contributed by atoms with E-state index >= 15 is 0 Å². The van der Waals surface area contributed by atoms with E-state index in [1.165, 1.54) is 24.5 Å². The number of anilines is 2. The molecule has 1 aromatic rings. The molecule has 0 radical (unpaired) electrons. The number of benzene rings is 1. The van der Waals surface area contributed by atoms with Gasteiger partial charge in [0, 0.05) is 27.2 Å². The molecule has 0 aliphatic carbocycles. The Balaban J connectivity index is 2.31. The van der Waals surface area contributed by atoms with Crippen molar-refractivity contribution in [3.8, 4) is 0 Å². The lowest BCUT2D eigenvalue weighted by Crippen LogP contribution is -2.41. The largest absolute Gasteiger partial charge is 0.397 e. The zero-order valence-electron chi connectivity index (χ0n) is 12.0. The fourth-order valence-corrected chi connectivity index (χ4v) is 3.17. The second kappa shape index (κ2) is 5.59. The van der Waals surface area contributed by atoms with Crippen LogP contribution in [-0.2, 0) is 14.8 Å². The molecule has 1 aromatic carbocycles. The number of ether oxygens (including phenoxy) is 1. The number of rotatable bonds is 3. The van der Waals surface area contributed by atoms with E-state index < -0.39 is 10.0 Å². The molecule has 6 nitrogen and oxygen atoms in total. The van der Waals surface area contributed by atoms with Gasteiger partial charge < -0.3 is 15.4 Å². The first kappa shape index (κ1) is 15.1. The molecule has 1 aliphatic rings. The van der Waals surface area contributed by atoms with E-state index in [2.05, 4.69) is 4.90 Å². The van der Waals surface area contributed by atoms with Crippen LogP contribution in [0.1, 0.15) is 6.92 Å². The van der Waals surface area contributed by atoms with Gasteiger partial charge in [0.1, 0.15) is 0 Å². The van der Waals surface area contributed by atoms with Gasteiger partial charge in [0.05, 0.1) is 29.0 Å². The third-order valence-corrected chi connectivity index (χ3v) is 5.17. The molecule has 1 aliphatic heterocycles. The van der Waals surface area contributed by atoms with E-state index in [0.717, 1.165) is 18.8 Å². The topological polar surface area (TPSA) is 75.9 Å². The fourth-order valence-electron chi connectivity index (χ4n) is 2.23. The van der Waals surface area contributed by atoms with Crippen molar-refractivity contribution in [3.05, 3.63) is 18.2 Å². The first-order valence-corrected chi connectivity index (χ1v) is 7.95. The van der Waals surface area contributed by atoms with Gasteiger partial charge in [-0.2, -0.15) is 0 Å². The maximum atomic E-state index is 12.1. The quantitative estimate of drug-likeness (QED) is 0.833. The van der Waals surface area contributed by atoms with Gasteiger partial charge in [-0.25, -0.2) is 12.7 Å². The Morgan fingerprint density at radius 3 is 2.65 bits per heavy atom. The van der Waals surface area contributed by atoms with Gasteiger partial charge in [-0.1, -0.05) is 0 Å². The zero-order chi connectivity index (χ0) is 14.9. The van der Waals surface area contributed by atoms with Gasteiger partial charge in [0.2, 0.25) is 10.0 Å². The van der Waals surface area contributed by atoms with Crippen LogP contribution < -0.4 is 10.6 Å². The van der Waals surface area contributed by atoms with Gasteiger partial charge in [-0.05, 0) is 25.1 Å². The Bertz CT molecular complexity index is 587. The van der Waals surface area contributed by atoms with Crippen molar-refractivity contribution in [2.45, 2.75) is 17.9 Å². The Morgan fingerprint density at radius 1 is 1.40 bits per heavy atom. The molecule has 1 heterocycles. The summed E-state index contributed by atoms with van der Waals surface area (Å²) in [6, 6.07) is 4.88. The third-order valence-electron chi connectivity index (χ3n) is 3.36. The molecule has 0 aromatic heterocycles. The summed E-state index contributed by atoms with van der Waals surface area (Å²) >= 11 is 0. The Morgan fingerprint density at radius 2 is 2.10 bits per heavy atom. The molecule has 112 valence electrons. The summed E-state index contributed by atoms with van der Waals surface area (Å²) in [7, 11) is -0.441. The maximum absolute atomic E-state index is 12.1. The average molecular weight is 299 g/mol. The summed E-state index contributed by atoms with van der Waals surface area (Å²) in [6.45, 7) is 4.17. The van der Waals surface area contributed by atoms with Crippen LogP contribution in [0, 0.1) is 0 Å². The zero-order valence-corrected chi connectivity index (χ0v) is 12.9. The lowest BCUT2D eigenvalue weighted by atomic mass is 10.2. The summed E-state index contributed by atoms with van der Waals surface area (Å²) in [5.41, 5.74) is 7.36. The van der Waals surface area contributed by atoms with Crippen molar-refractivity contribution in [1.29, 1.82) is 0 Å². The standard InChI is InChI=1S/C13H21N3O3S/c1-10-9-16(6-7-19-10)13-5-4-11(8-12(13)14)20(17,18)15(2)3/h4-5,8,10H,6-7,9,14H2,1-3H3. The number of nitrogens with zero attached hydrogens (tertiary/aromatic N) is 2. The van der Waals surface area contributed by atoms with Gasteiger partial charge in [-0.3, -0.25) is 0 Å². The van der Waals surface area contributed by atoms with E-state index in [-0.39, 0.29) is 11.0 Å². The van der Waals surface area contributed by atoms with Crippen LogP contribution in [0.15, 0.2) is 23.1 Å². The average Bonchev–Trinajstić information content (AvgIpc) is 2.38. The van der Waals surface area contributed by atoms with Crippen molar-refractivity contribution in [3.63, 3.8) is 0 Å². The SMILES string of the molecule is CC1CN(c2ccc(S(=O)(=O)N(C)C)cc2N)CCO1. The van der Waals surface area contributed by atoms with E-state index in [1.54, 1.807) is 12.1 Å². The monoisotopic (exact) mass is 299 g/mol. The predicted molar refractivity (Wildman–Crippen MR) is 79.4 cm³/mol. The Hall–Kier alpha value is -1.31. The highest BCUT2D eigenvalue weighted by molar-refractivity contribution is 7.89. The van der Waals surface area contributed by atoms with Crippen LogP contribution in [0.5, 0.6) is 0 Å². The van der Waals surface area contributed by atoms with Crippen LogP contribution in [0.25, 0.3) is 0 Å². The van der Waals surface area contributed by atoms with Crippen molar-refractivity contribution in [1.82, 2.24) is 4.31 Å². The molecular weight excluding hydrogens is 278 g/mol. The molecule has 1 atom stereocenters. The Kier molecular flexibility index (Phi) is 4.22. The lowest BCUT2D eigenvalue weighted by Gasteiger charge is -2.33. The second-order valence-electron chi connectivity index (χ2n) is 5.14. The highest BCUT2D eigenvalue weighted by Crippen LogP contribution is 2.28. The van der Waals surface area contributed by atoms with Gasteiger partial charge >= 0.3 is 0 Å². The van der Waals surface area contributed by atoms with Gasteiger partial charge in [0.15, 0.2) is 0 Å². The molecule has 0 bridgehead atoms. The third kappa shape index (κ3) is 2.89. The van der Waals surface area contributed by atoms with Crippen molar-refractivity contribution in [2.24, 2.45) is 0 Å². The van der Waals surface area contributed by atoms with Crippen LogP contribution in [-0.4, -0.2) is 52.6 Å². The molecule has 2 N–H and O–H groups in total. The number of hydrogen-bond donors (Lipinski definition) is 1. The van der Waals surface area contributed by atoms with Gasteiger partial charge in [-0.15, -0.1) is 0 Å². The van der Waals surface area contributed by atoms with Crippen molar-refractivity contribution < 1.29 is 13.2 Å². The van der Waals surface area contributed by atoms with Crippen molar-refractivity contribution in [2.75, 3.05) is 44.4 Å². The predicted octanol–water partition coefficient (Wildman–Crippen LogP) is 0.744. The lowest BCUT2D eigenvalue weighted by molar-refractivity contribution is 0.0533. The van der Waals surface area contributed by atoms with Gasteiger partial charge in [0.25, 0.3) is 0 Å². The molecule has 1 fully saturated rings.